The molecule has 0 amide bonds. The second kappa shape index (κ2) is 8.03. The Hall–Kier alpha value is -0.590. The van der Waals surface area contributed by atoms with Gasteiger partial charge < -0.3 is 10.2 Å². The van der Waals surface area contributed by atoms with Gasteiger partial charge in [0.1, 0.15) is 0 Å². The van der Waals surface area contributed by atoms with Gasteiger partial charge in [0.15, 0.2) is 0 Å². The summed E-state index contributed by atoms with van der Waals surface area (Å²) in [7, 11) is 2.15. The fourth-order valence-corrected chi connectivity index (χ4v) is 1.01. The maximum Gasteiger partial charge on any atom is 0.0840 e. The molecule has 0 atom stereocenters. The summed E-state index contributed by atoms with van der Waals surface area (Å²) in [6.45, 7) is 6.98. The molecule has 0 spiro atoms. The van der Waals surface area contributed by atoms with Crippen molar-refractivity contribution in [2.45, 2.75) is 32.7 Å². The molecule has 0 aliphatic heterocycles. The van der Waals surface area contributed by atoms with Gasteiger partial charge in [0, 0.05) is 6.04 Å². The van der Waals surface area contributed by atoms with Crippen molar-refractivity contribution in [1.82, 2.24) is 10.2 Å². The van der Waals surface area contributed by atoms with Crippen LogP contribution < -0.4 is 5.32 Å². The first-order chi connectivity index (χ1) is 6.18. The standard InChI is InChI=1S/C10H21N3/c1-10(2)13(3)9-5-4-7-12-8-6-11/h10,12H,4-5,7-9H2,1-3H3. The Labute approximate surface area is 81.7 Å². The lowest BCUT2D eigenvalue weighted by atomic mass is 10.2. The van der Waals surface area contributed by atoms with Crippen molar-refractivity contribution >= 4 is 0 Å². The molecule has 0 aliphatic rings. The van der Waals surface area contributed by atoms with Gasteiger partial charge in [-0.25, -0.2) is 0 Å². The van der Waals surface area contributed by atoms with Crippen molar-refractivity contribution in [2.24, 2.45) is 0 Å². The highest BCUT2D eigenvalue weighted by Gasteiger charge is 2.00. The van der Waals surface area contributed by atoms with Gasteiger partial charge >= 0.3 is 0 Å². The molecule has 0 rings (SSSR count). The summed E-state index contributed by atoms with van der Waals surface area (Å²) in [5, 5.41) is 11.3. The first-order valence-electron chi connectivity index (χ1n) is 4.96. The predicted molar refractivity (Wildman–Crippen MR) is 55.5 cm³/mol. The first kappa shape index (κ1) is 12.4. The zero-order chi connectivity index (χ0) is 10.1. The van der Waals surface area contributed by atoms with Gasteiger partial charge in [-0.2, -0.15) is 5.26 Å². The zero-order valence-corrected chi connectivity index (χ0v) is 9.01. The third-order valence-corrected chi connectivity index (χ3v) is 2.20. The van der Waals surface area contributed by atoms with Crippen molar-refractivity contribution in [3.05, 3.63) is 0 Å². The topological polar surface area (TPSA) is 39.1 Å². The van der Waals surface area contributed by atoms with Crippen LogP contribution in [0.5, 0.6) is 0 Å². The molecule has 0 saturated carbocycles. The Balaban J connectivity index is 3.12. The monoisotopic (exact) mass is 183 g/mol. The molecule has 0 radical (unpaired) electrons. The molecule has 3 nitrogen and oxygen atoms in total. The van der Waals surface area contributed by atoms with E-state index in [1.54, 1.807) is 0 Å². The Morgan fingerprint density at radius 3 is 2.62 bits per heavy atom. The second-order valence-electron chi connectivity index (χ2n) is 3.62. The van der Waals surface area contributed by atoms with Crippen molar-refractivity contribution in [2.75, 3.05) is 26.7 Å². The van der Waals surface area contributed by atoms with Crippen molar-refractivity contribution in [1.29, 1.82) is 5.26 Å². The fraction of sp³-hybridized carbons (Fsp3) is 0.900. The number of unbranched alkanes of at least 4 members (excludes halogenated alkanes) is 1. The maximum atomic E-state index is 8.26. The number of hydrogen-bond acceptors (Lipinski definition) is 3. The van der Waals surface area contributed by atoms with E-state index in [9.17, 15) is 0 Å². The molecule has 76 valence electrons. The Morgan fingerprint density at radius 1 is 1.38 bits per heavy atom. The highest BCUT2D eigenvalue weighted by atomic mass is 15.1. The average molecular weight is 183 g/mol. The lowest BCUT2D eigenvalue weighted by molar-refractivity contribution is 0.268. The van der Waals surface area contributed by atoms with Gasteiger partial charge in [0.05, 0.1) is 12.6 Å². The van der Waals surface area contributed by atoms with Gasteiger partial charge in [-0.15, -0.1) is 0 Å². The van der Waals surface area contributed by atoms with Gasteiger partial charge in [-0.3, -0.25) is 0 Å². The summed E-state index contributed by atoms with van der Waals surface area (Å²) in [5.41, 5.74) is 0. The van der Waals surface area contributed by atoms with Gasteiger partial charge in [-0.05, 0) is 46.8 Å². The van der Waals surface area contributed by atoms with E-state index in [-0.39, 0.29) is 0 Å². The van der Waals surface area contributed by atoms with E-state index in [1.165, 1.54) is 6.42 Å². The van der Waals surface area contributed by atoms with Crippen LogP contribution in [-0.4, -0.2) is 37.6 Å². The molecular weight excluding hydrogens is 162 g/mol. The highest BCUT2D eigenvalue weighted by Crippen LogP contribution is 1.96. The van der Waals surface area contributed by atoms with E-state index in [0.717, 1.165) is 19.5 Å². The van der Waals surface area contributed by atoms with Crippen LogP contribution in [0.1, 0.15) is 26.7 Å². The lowest BCUT2D eigenvalue weighted by Crippen LogP contribution is -2.27. The van der Waals surface area contributed by atoms with Crippen LogP contribution in [0.25, 0.3) is 0 Å². The summed E-state index contributed by atoms with van der Waals surface area (Å²) in [6, 6.07) is 2.70. The maximum absolute atomic E-state index is 8.26. The number of nitriles is 1. The number of hydrogen-bond donors (Lipinski definition) is 1. The summed E-state index contributed by atoms with van der Waals surface area (Å²) < 4.78 is 0. The Morgan fingerprint density at radius 2 is 2.08 bits per heavy atom. The van der Waals surface area contributed by atoms with Crippen LogP contribution in [0, 0.1) is 11.3 Å². The molecule has 0 fully saturated rings. The quantitative estimate of drug-likeness (QED) is 0.476. The molecule has 0 saturated heterocycles. The average Bonchev–Trinajstić information content (AvgIpc) is 2.10. The minimum absolute atomic E-state index is 0.472. The van der Waals surface area contributed by atoms with Crippen LogP contribution >= 0.6 is 0 Å². The molecule has 0 aliphatic carbocycles. The van der Waals surface area contributed by atoms with Gasteiger partial charge in [0.2, 0.25) is 0 Å². The number of nitrogens with zero attached hydrogens (tertiary/aromatic N) is 2. The first-order valence-corrected chi connectivity index (χ1v) is 4.96. The molecule has 13 heavy (non-hydrogen) atoms. The van der Waals surface area contributed by atoms with Crippen LogP contribution in [-0.2, 0) is 0 Å². The summed E-state index contributed by atoms with van der Waals surface area (Å²) in [6.07, 6.45) is 2.35. The largest absolute Gasteiger partial charge is 0.304 e. The summed E-state index contributed by atoms with van der Waals surface area (Å²) in [4.78, 5) is 2.34. The molecular formula is C10H21N3. The van der Waals surface area contributed by atoms with E-state index in [1.807, 2.05) is 0 Å². The minimum Gasteiger partial charge on any atom is -0.304 e. The Bertz CT molecular complexity index is 149. The molecule has 0 aromatic heterocycles. The van der Waals surface area contributed by atoms with E-state index in [0.29, 0.717) is 12.6 Å². The van der Waals surface area contributed by atoms with Crippen LogP contribution in [0.2, 0.25) is 0 Å². The van der Waals surface area contributed by atoms with Crippen molar-refractivity contribution in [3.8, 4) is 6.07 Å². The lowest BCUT2D eigenvalue weighted by Gasteiger charge is -2.20. The van der Waals surface area contributed by atoms with E-state index in [4.69, 9.17) is 5.26 Å². The third kappa shape index (κ3) is 7.76. The number of nitrogens with one attached hydrogen (secondary N) is 1. The van der Waals surface area contributed by atoms with Crippen LogP contribution in [0.4, 0.5) is 0 Å². The molecule has 0 bridgehead atoms. The smallest absolute Gasteiger partial charge is 0.0840 e. The second-order valence-corrected chi connectivity index (χ2v) is 3.62. The third-order valence-electron chi connectivity index (χ3n) is 2.20. The minimum atomic E-state index is 0.472. The normalized spacial score (nSPS) is 10.8. The summed E-state index contributed by atoms with van der Waals surface area (Å²) in [5.74, 6) is 0. The summed E-state index contributed by atoms with van der Waals surface area (Å²) >= 11 is 0. The molecule has 0 unspecified atom stereocenters. The van der Waals surface area contributed by atoms with E-state index >= 15 is 0 Å². The van der Waals surface area contributed by atoms with Crippen molar-refractivity contribution < 1.29 is 0 Å². The molecule has 3 heteroatoms. The fourth-order valence-electron chi connectivity index (χ4n) is 1.01. The predicted octanol–water partition coefficient (Wildman–Crippen LogP) is 1.22. The van der Waals surface area contributed by atoms with Gasteiger partial charge in [0.25, 0.3) is 0 Å². The van der Waals surface area contributed by atoms with Crippen molar-refractivity contribution in [3.63, 3.8) is 0 Å². The van der Waals surface area contributed by atoms with Crippen LogP contribution in [0.15, 0.2) is 0 Å². The zero-order valence-electron chi connectivity index (χ0n) is 9.01. The number of rotatable bonds is 7. The molecule has 1 N–H and O–H groups in total. The Kier molecular flexibility index (Phi) is 7.66. The molecule has 0 aromatic rings. The SMILES string of the molecule is CC(C)N(C)CCCCNCC#N. The highest BCUT2D eigenvalue weighted by molar-refractivity contribution is 4.72. The van der Waals surface area contributed by atoms with E-state index < -0.39 is 0 Å². The molecule has 0 heterocycles. The van der Waals surface area contributed by atoms with Crippen LogP contribution in [0.3, 0.4) is 0 Å². The molecule has 0 aromatic carbocycles. The van der Waals surface area contributed by atoms with E-state index in [2.05, 4.69) is 37.2 Å². The van der Waals surface area contributed by atoms with Gasteiger partial charge in [-0.1, -0.05) is 0 Å².